The summed E-state index contributed by atoms with van der Waals surface area (Å²) in [5, 5.41) is 3.27. The zero-order valence-corrected chi connectivity index (χ0v) is 22.3. The van der Waals surface area contributed by atoms with E-state index in [1.807, 2.05) is 37.3 Å². The van der Waals surface area contributed by atoms with Crippen molar-refractivity contribution in [3.63, 3.8) is 0 Å². The number of nitrogens with zero attached hydrogens (tertiary/aromatic N) is 4. The van der Waals surface area contributed by atoms with Crippen LogP contribution in [0.2, 0.25) is 0 Å². The van der Waals surface area contributed by atoms with Crippen molar-refractivity contribution in [3.8, 4) is 22.6 Å². The van der Waals surface area contributed by atoms with Crippen molar-refractivity contribution in [2.24, 2.45) is 0 Å². The van der Waals surface area contributed by atoms with Gasteiger partial charge in [-0.2, -0.15) is 13.2 Å². The number of rotatable bonds is 8. The van der Waals surface area contributed by atoms with Crippen LogP contribution in [0.25, 0.3) is 28.3 Å². The fourth-order valence-corrected chi connectivity index (χ4v) is 4.70. The molecular formula is C28H25F3N6O2S. The quantitative estimate of drug-likeness (QED) is 0.250. The van der Waals surface area contributed by atoms with E-state index in [9.17, 15) is 21.6 Å². The predicted molar refractivity (Wildman–Crippen MR) is 147 cm³/mol. The van der Waals surface area contributed by atoms with Gasteiger partial charge in [0, 0.05) is 24.5 Å². The molecule has 2 N–H and O–H groups in total. The molecule has 0 radical (unpaired) electrons. The molecule has 0 aliphatic rings. The summed E-state index contributed by atoms with van der Waals surface area (Å²) >= 11 is 0. The zero-order valence-electron chi connectivity index (χ0n) is 21.5. The fraction of sp³-hybridized carbons (Fsp3) is 0.179. The van der Waals surface area contributed by atoms with Gasteiger partial charge in [0.2, 0.25) is 16.0 Å². The fourth-order valence-electron chi connectivity index (χ4n) is 4.28. The van der Waals surface area contributed by atoms with Crippen molar-refractivity contribution in [2.45, 2.75) is 25.7 Å². The van der Waals surface area contributed by atoms with Crippen LogP contribution in [0.4, 0.5) is 19.1 Å². The van der Waals surface area contributed by atoms with Gasteiger partial charge in [0.25, 0.3) is 0 Å². The van der Waals surface area contributed by atoms with Gasteiger partial charge >= 0.3 is 6.18 Å². The van der Waals surface area contributed by atoms with E-state index in [0.717, 1.165) is 24.0 Å². The van der Waals surface area contributed by atoms with E-state index in [1.54, 1.807) is 41.1 Å². The topological polar surface area (TPSA) is 101 Å². The van der Waals surface area contributed by atoms with Crippen molar-refractivity contribution in [3.05, 3.63) is 102 Å². The van der Waals surface area contributed by atoms with E-state index in [1.165, 1.54) is 6.07 Å². The van der Waals surface area contributed by atoms with E-state index >= 15 is 0 Å². The van der Waals surface area contributed by atoms with Crippen LogP contribution < -0.4 is 10.0 Å². The monoisotopic (exact) mass is 566 g/mol. The van der Waals surface area contributed by atoms with Crippen LogP contribution >= 0.6 is 0 Å². The van der Waals surface area contributed by atoms with Crippen molar-refractivity contribution < 1.29 is 21.6 Å². The Bertz CT molecular complexity index is 1770. The lowest BCUT2D eigenvalue weighted by Gasteiger charge is -2.15. The highest BCUT2D eigenvalue weighted by molar-refractivity contribution is 7.88. The number of sulfonamides is 1. The Balaban J connectivity index is 1.63. The summed E-state index contributed by atoms with van der Waals surface area (Å²) in [5.74, 6) is 0.327. The Hall–Kier alpha value is -4.29. The molecule has 8 nitrogen and oxygen atoms in total. The van der Waals surface area contributed by atoms with Gasteiger partial charge in [0.05, 0.1) is 34.9 Å². The number of hydrogen-bond acceptors (Lipinski definition) is 6. The number of alkyl halides is 3. The molecule has 5 rings (SSSR count). The lowest BCUT2D eigenvalue weighted by atomic mass is 10.0. The van der Waals surface area contributed by atoms with E-state index < -0.39 is 21.8 Å². The summed E-state index contributed by atoms with van der Waals surface area (Å²) in [6.45, 7) is 1.99. The van der Waals surface area contributed by atoms with Crippen LogP contribution in [0.1, 0.15) is 29.7 Å². The molecule has 5 aromatic rings. The maximum absolute atomic E-state index is 13.5. The van der Waals surface area contributed by atoms with Crippen molar-refractivity contribution >= 4 is 21.6 Å². The maximum Gasteiger partial charge on any atom is 0.416 e. The van der Waals surface area contributed by atoms with Gasteiger partial charge in [0.1, 0.15) is 5.65 Å². The Labute approximate surface area is 229 Å². The average Bonchev–Trinajstić information content (AvgIpc) is 3.31. The summed E-state index contributed by atoms with van der Waals surface area (Å²) in [6.07, 6.45) is -0.216. The lowest BCUT2D eigenvalue weighted by molar-refractivity contribution is -0.137. The predicted octanol–water partition coefficient (Wildman–Crippen LogP) is 5.70. The molecule has 12 heteroatoms. The molecule has 0 saturated heterocycles. The molecule has 40 heavy (non-hydrogen) atoms. The smallest absolute Gasteiger partial charge is 0.348 e. The number of imidazole rings is 1. The second kappa shape index (κ2) is 10.7. The molecule has 3 heterocycles. The van der Waals surface area contributed by atoms with Crippen molar-refractivity contribution in [1.29, 1.82) is 0 Å². The molecule has 0 aliphatic heterocycles. The third-order valence-corrected chi connectivity index (χ3v) is 6.89. The normalized spacial score (nSPS) is 12.9. The highest BCUT2D eigenvalue weighted by atomic mass is 32.2. The van der Waals surface area contributed by atoms with Crippen LogP contribution in [-0.4, -0.2) is 34.0 Å². The molecule has 206 valence electrons. The van der Waals surface area contributed by atoms with E-state index in [2.05, 4.69) is 25.0 Å². The van der Waals surface area contributed by atoms with Gasteiger partial charge in [-0.1, -0.05) is 48.5 Å². The first kappa shape index (κ1) is 27.3. The number of hydrogen-bond donors (Lipinski definition) is 2. The number of benzene rings is 2. The first-order valence-electron chi connectivity index (χ1n) is 12.3. The standard InChI is InChI=1S/C28H25F3N6O2S/c1-18(20-7-4-3-5-8-20)34-27-32-14-13-23(35-27)26-25(21-9-6-10-22(15-21)28(29,30)31)36-24-12-11-19(17-37(24)26)16-33-40(2,38)39/h3-15,17-18,33H,16H2,1-2H3,(H,32,34,35)/t18-/m1/s1. The Morgan fingerprint density at radius 2 is 1.75 bits per heavy atom. The van der Waals surface area contributed by atoms with Crippen LogP contribution in [0.5, 0.6) is 0 Å². The molecule has 0 saturated carbocycles. The van der Waals surface area contributed by atoms with E-state index in [0.29, 0.717) is 34.2 Å². The molecule has 0 aliphatic carbocycles. The molecule has 2 aromatic carbocycles. The summed E-state index contributed by atoms with van der Waals surface area (Å²) in [6, 6.07) is 19.6. The van der Waals surface area contributed by atoms with Crippen molar-refractivity contribution in [2.75, 3.05) is 11.6 Å². The van der Waals surface area contributed by atoms with Gasteiger partial charge < -0.3 is 5.32 Å². The summed E-state index contributed by atoms with van der Waals surface area (Å²) < 4.78 is 68.1. The number of aromatic nitrogens is 4. The van der Waals surface area contributed by atoms with E-state index in [-0.39, 0.29) is 18.2 Å². The third-order valence-electron chi connectivity index (χ3n) is 6.22. The number of fused-ring (bicyclic) bond motifs is 1. The van der Waals surface area contributed by atoms with Gasteiger partial charge in [-0.15, -0.1) is 0 Å². The molecule has 0 unspecified atom stereocenters. The molecular weight excluding hydrogens is 541 g/mol. The second-order valence-corrected chi connectivity index (χ2v) is 11.1. The van der Waals surface area contributed by atoms with Gasteiger partial charge in [-0.05, 0) is 42.3 Å². The van der Waals surface area contributed by atoms with Gasteiger partial charge in [-0.25, -0.2) is 28.1 Å². The van der Waals surface area contributed by atoms with Crippen LogP contribution in [0, 0.1) is 0 Å². The first-order chi connectivity index (χ1) is 19.0. The minimum absolute atomic E-state index is 0.0243. The molecule has 0 bridgehead atoms. The number of halogens is 3. The van der Waals surface area contributed by atoms with Gasteiger partial charge in [-0.3, -0.25) is 4.40 Å². The summed E-state index contributed by atoms with van der Waals surface area (Å²) in [5.41, 5.74) is 2.72. The van der Waals surface area contributed by atoms with E-state index in [4.69, 9.17) is 0 Å². The number of pyridine rings is 1. The molecule has 3 aromatic heterocycles. The average molecular weight is 567 g/mol. The Morgan fingerprint density at radius 1 is 0.975 bits per heavy atom. The Kier molecular flexibility index (Phi) is 7.30. The zero-order chi connectivity index (χ0) is 28.5. The minimum Gasteiger partial charge on any atom is -0.348 e. The van der Waals surface area contributed by atoms with Crippen LogP contribution in [-0.2, 0) is 22.7 Å². The van der Waals surface area contributed by atoms with Crippen LogP contribution in [0.3, 0.4) is 0 Å². The van der Waals surface area contributed by atoms with Crippen LogP contribution in [0.15, 0.2) is 85.2 Å². The molecule has 0 amide bonds. The number of nitrogens with one attached hydrogen (secondary N) is 2. The summed E-state index contributed by atoms with van der Waals surface area (Å²) in [7, 11) is -3.44. The lowest BCUT2D eigenvalue weighted by Crippen LogP contribution is -2.21. The first-order valence-corrected chi connectivity index (χ1v) is 14.2. The number of anilines is 1. The third kappa shape index (κ3) is 6.13. The largest absolute Gasteiger partial charge is 0.416 e. The molecule has 0 fully saturated rings. The molecule has 1 atom stereocenters. The minimum atomic E-state index is -4.53. The van der Waals surface area contributed by atoms with Gasteiger partial charge in [0.15, 0.2) is 0 Å². The second-order valence-electron chi connectivity index (χ2n) is 9.29. The highest BCUT2D eigenvalue weighted by Gasteiger charge is 2.31. The van der Waals surface area contributed by atoms with Crippen molar-refractivity contribution in [1.82, 2.24) is 24.1 Å². The molecule has 0 spiro atoms. The maximum atomic E-state index is 13.5. The summed E-state index contributed by atoms with van der Waals surface area (Å²) in [4.78, 5) is 13.7. The Morgan fingerprint density at radius 3 is 2.48 bits per heavy atom. The highest BCUT2D eigenvalue weighted by Crippen LogP contribution is 2.36. The SMILES string of the molecule is C[C@@H](Nc1nccc(-c2c(-c3cccc(C(F)(F)F)c3)nc3ccc(CNS(C)(=O)=O)cn23)n1)c1ccccc1.